The topological polar surface area (TPSA) is 23.5 Å². The molecular formula is C10H17NOS. The Hall–Kier alpha value is -0.380. The van der Waals surface area contributed by atoms with E-state index in [1.165, 1.54) is 10.4 Å². The highest BCUT2D eigenvalue weighted by molar-refractivity contribution is 7.10. The van der Waals surface area contributed by atoms with Crippen LogP contribution in [0.5, 0.6) is 0 Å². The summed E-state index contributed by atoms with van der Waals surface area (Å²) >= 11 is 1.82. The lowest BCUT2D eigenvalue weighted by Crippen LogP contribution is -2.24. The highest BCUT2D eigenvalue weighted by Crippen LogP contribution is 2.15. The third-order valence-corrected chi connectivity index (χ3v) is 3.25. The molecule has 1 aromatic heterocycles. The zero-order valence-corrected chi connectivity index (χ0v) is 9.10. The number of hydrogen-bond donors (Lipinski definition) is 1. The van der Waals surface area contributed by atoms with Gasteiger partial charge < -0.3 is 10.0 Å². The molecule has 1 heterocycles. The summed E-state index contributed by atoms with van der Waals surface area (Å²) in [5.41, 5.74) is 1.39. The molecule has 0 aliphatic carbocycles. The molecule has 2 nitrogen and oxygen atoms in total. The first kappa shape index (κ1) is 10.7. The second-order valence-corrected chi connectivity index (χ2v) is 4.30. The Labute approximate surface area is 83.8 Å². The molecule has 0 fully saturated rings. The second kappa shape index (κ2) is 5.37. The Bertz CT molecular complexity index is 247. The molecule has 0 spiro atoms. The lowest BCUT2D eigenvalue weighted by atomic mass is 10.2. The summed E-state index contributed by atoms with van der Waals surface area (Å²) in [6, 6.07) is 2.16. The van der Waals surface area contributed by atoms with Crippen LogP contribution in [0.2, 0.25) is 0 Å². The van der Waals surface area contributed by atoms with Gasteiger partial charge in [0.2, 0.25) is 0 Å². The molecular weight excluding hydrogens is 182 g/mol. The Kier molecular flexibility index (Phi) is 4.42. The Balaban J connectivity index is 2.30. The van der Waals surface area contributed by atoms with Crippen molar-refractivity contribution < 1.29 is 5.11 Å². The van der Waals surface area contributed by atoms with Gasteiger partial charge in [-0.15, -0.1) is 11.3 Å². The standard InChI is InChI=1S/C10H17NOS/c1-9-4-8-13-10(9)3-5-11(2)6-7-12/h4,8,12H,3,5-7H2,1-2H3. The van der Waals surface area contributed by atoms with Crippen LogP contribution in [0, 0.1) is 6.92 Å². The first-order chi connectivity index (χ1) is 6.24. The minimum Gasteiger partial charge on any atom is -0.395 e. The molecule has 0 saturated heterocycles. The van der Waals surface area contributed by atoms with Crippen LogP contribution in [0.1, 0.15) is 10.4 Å². The SMILES string of the molecule is Cc1ccsc1CCN(C)CCO. The van der Waals surface area contributed by atoms with E-state index in [9.17, 15) is 0 Å². The maximum absolute atomic E-state index is 8.71. The number of rotatable bonds is 5. The molecule has 1 aromatic rings. The molecule has 0 unspecified atom stereocenters. The minimum absolute atomic E-state index is 0.250. The van der Waals surface area contributed by atoms with E-state index in [1.807, 2.05) is 18.4 Å². The quantitative estimate of drug-likeness (QED) is 0.777. The molecule has 0 atom stereocenters. The molecule has 0 radical (unpaired) electrons. The summed E-state index contributed by atoms with van der Waals surface area (Å²) in [4.78, 5) is 3.61. The molecule has 74 valence electrons. The number of aryl methyl sites for hydroxylation is 1. The first-order valence-electron chi connectivity index (χ1n) is 4.56. The van der Waals surface area contributed by atoms with Crippen molar-refractivity contribution in [2.24, 2.45) is 0 Å². The van der Waals surface area contributed by atoms with Gasteiger partial charge in [-0.3, -0.25) is 0 Å². The Morgan fingerprint density at radius 2 is 2.23 bits per heavy atom. The molecule has 0 aromatic carbocycles. The van der Waals surface area contributed by atoms with Gasteiger partial charge >= 0.3 is 0 Å². The van der Waals surface area contributed by atoms with Gasteiger partial charge in [-0.05, 0) is 37.4 Å². The summed E-state index contributed by atoms with van der Waals surface area (Å²) in [5, 5.41) is 10.8. The summed E-state index contributed by atoms with van der Waals surface area (Å²) in [6.45, 7) is 4.20. The molecule has 0 amide bonds. The van der Waals surface area contributed by atoms with Crippen LogP contribution < -0.4 is 0 Å². The molecule has 0 aliphatic rings. The van der Waals surface area contributed by atoms with Crippen molar-refractivity contribution in [3.05, 3.63) is 21.9 Å². The Morgan fingerprint density at radius 1 is 1.46 bits per heavy atom. The van der Waals surface area contributed by atoms with E-state index >= 15 is 0 Å². The average Bonchev–Trinajstić information content (AvgIpc) is 2.48. The van der Waals surface area contributed by atoms with Crippen molar-refractivity contribution in [3.8, 4) is 0 Å². The molecule has 3 heteroatoms. The monoisotopic (exact) mass is 199 g/mol. The van der Waals surface area contributed by atoms with Crippen molar-refractivity contribution in [1.82, 2.24) is 4.90 Å². The van der Waals surface area contributed by atoms with Gasteiger partial charge in [0.05, 0.1) is 6.61 Å². The van der Waals surface area contributed by atoms with Crippen LogP contribution in [0.3, 0.4) is 0 Å². The number of likely N-dealkylation sites (N-methyl/N-ethyl adjacent to an activating group) is 1. The van der Waals surface area contributed by atoms with E-state index in [1.54, 1.807) is 0 Å². The number of aliphatic hydroxyl groups excluding tert-OH is 1. The number of thiophene rings is 1. The smallest absolute Gasteiger partial charge is 0.0558 e. The fourth-order valence-electron chi connectivity index (χ4n) is 1.24. The summed E-state index contributed by atoms with van der Waals surface area (Å²) < 4.78 is 0. The normalized spacial score (nSPS) is 11.1. The van der Waals surface area contributed by atoms with Gasteiger partial charge in [-0.2, -0.15) is 0 Å². The minimum atomic E-state index is 0.250. The highest BCUT2D eigenvalue weighted by Gasteiger charge is 2.01. The van der Waals surface area contributed by atoms with Gasteiger partial charge in [0.25, 0.3) is 0 Å². The fourth-order valence-corrected chi connectivity index (χ4v) is 2.13. The summed E-state index contributed by atoms with van der Waals surface area (Å²) in [7, 11) is 2.04. The molecule has 0 saturated carbocycles. The molecule has 0 bridgehead atoms. The van der Waals surface area contributed by atoms with Crippen LogP contribution in [0.15, 0.2) is 11.4 Å². The second-order valence-electron chi connectivity index (χ2n) is 3.30. The highest BCUT2D eigenvalue weighted by atomic mass is 32.1. The maximum Gasteiger partial charge on any atom is 0.0558 e. The van der Waals surface area contributed by atoms with Crippen LogP contribution in [0.4, 0.5) is 0 Å². The maximum atomic E-state index is 8.71. The van der Waals surface area contributed by atoms with Crippen LogP contribution in [0.25, 0.3) is 0 Å². The van der Waals surface area contributed by atoms with E-state index < -0.39 is 0 Å². The van der Waals surface area contributed by atoms with Crippen molar-refractivity contribution >= 4 is 11.3 Å². The van der Waals surface area contributed by atoms with Crippen LogP contribution >= 0.6 is 11.3 Å². The van der Waals surface area contributed by atoms with E-state index in [0.29, 0.717) is 0 Å². The van der Waals surface area contributed by atoms with Gasteiger partial charge in [0, 0.05) is 18.0 Å². The van der Waals surface area contributed by atoms with Crippen LogP contribution in [-0.4, -0.2) is 36.8 Å². The van der Waals surface area contributed by atoms with Crippen molar-refractivity contribution in [2.75, 3.05) is 26.7 Å². The number of aliphatic hydroxyl groups is 1. The predicted octanol–water partition coefficient (Wildman–Crippen LogP) is 1.52. The first-order valence-corrected chi connectivity index (χ1v) is 5.44. The van der Waals surface area contributed by atoms with Gasteiger partial charge in [-0.1, -0.05) is 0 Å². The fraction of sp³-hybridized carbons (Fsp3) is 0.600. The third kappa shape index (κ3) is 3.46. The van der Waals surface area contributed by atoms with E-state index in [0.717, 1.165) is 19.5 Å². The Morgan fingerprint density at radius 3 is 2.77 bits per heavy atom. The van der Waals surface area contributed by atoms with Gasteiger partial charge in [0.1, 0.15) is 0 Å². The molecule has 1 rings (SSSR count). The lowest BCUT2D eigenvalue weighted by molar-refractivity contribution is 0.223. The van der Waals surface area contributed by atoms with Crippen LogP contribution in [-0.2, 0) is 6.42 Å². The van der Waals surface area contributed by atoms with Crippen molar-refractivity contribution in [2.45, 2.75) is 13.3 Å². The molecule has 0 aliphatic heterocycles. The van der Waals surface area contributed by atoms with E-state index in [-0.39, 0.29) is 6.61 Å². The zero-order valence-electron chi connectivity index (χ0n) is 8.29. The van der Waals surface area contributed by atoms with E-state index in [4.69, 9.17) is 5.11 Å². The molecule has 1 N–H and O–H groups in total. The van der Waals surface area contributed by atoms with E-state index in [2.05, 4.69) is 23.3 Å². The largest absolute Gasteiger partial charge is 0.395 e. The zero-order chi connectivity index (χ0) is 9.68. The number of nitrogens with zero attached hydrogens (tertiary/aromatic N) is 1. The summed E-state index contributed by atoms with van der Waals surface area (Å²) in [6.07, 6.45) is 1.10. The van der Waals surface area contributed by atoms with Crippen molar-refractivity contribution in [1.29, 1.82) is 0 Å². The predicted molar refractivity (Wildman–Crippen MR) is 57.3 cm³/mol. The average molecular weight is 199 g/mol. The van der Waals surface area contributed by atoms with Gasteiger partial charge in [0.15, 0.2) is 0 Å². The summed E-state index contributed by atoms with van der Waals surface area (Å²) in [5.74, 6) is 0. The third-order valence-electron chi connectivity index (χ3n) is 2.17. The number of hydrogen-bond acceptors (Lipinski definition) is 3. The molecule has 13 heavy (non-hydrogen) atoms. The van der Waals surface area contributed by atoms with Gasteiger partial charge in [-0.25, -0.2) is 0 Å². The lowest BCUT2D eigenvalue weighted by Gasteiger charge is -2.14. The van der Waals surface area contributed by atoms with Crippen molar-refractivity contribution in [3.63, 3.8) is 0 Å².